The van der Waals surface area contributed by atoms with Crippen LogP contribution in [-0.2, 0) is 32.7 Å². The van der Waals surface area contributed by atoms with Crippen LogP contribution in [0.3, 0.4) is 0 Å². The molecule has 0 aliphatic heterocycles. The first kappa shape index (κ1) is 48.0. The Kier molecular flexibility index (Phi) is 36.0. The first-order chi connectivity index (χ1) is 23.8. The van der Waals surface area contributed by atoms with Gasteiger partial charge < -0.3 is 20.1 Å². The average Bonchev–Trinajstić information content (AvgIpc) is 3.08. The largest absolute Gasteiger partial charge is 0.472 e. The molecular formula is C39H78NO8P. The molecule has 0 rings (SSSR count). The smallest absolute Gasteiger partial charge is 0.462 e. The van der Waals surface area contributed by atoms with E-state index in [1.54, 1.807) is 0 Å². The van der Waals surface area contributed by atoms with E-state index in [-0.39, 0.29) is 38.6 Å². The molecule has 0 bridgehead atoms. The Morgan fingerprint density at radius 2 is 0.878 bits per heavy atom. The minimum Gasteiger partial charge on any atom is -0.462 e. The number of phosphoric ester groups is 1. The van der Waals surface area contributed by atoms with Gasteiger partial charge in [0.2, 0.25) is 0 Å². The van der Waals surface area contributed by atoms with Gasteiger partial charge >= 0.3 is 19.8 Å². The molecule has 0 saturated carbocycles. The van der Waals surface area contributed by atoms with Crippen LogP contribution in [0.5, 0.6) is 0 Å². The number of rotatable bonds is 39. The van der Waals surface area contributed by atoms with E-state index < -0.39 is 26.5 Å². The van der Waals surface area contributed by atoms with Crippen molar-refractivity contribution >= 4 is 19.8 Å². The summed E-state index contributed by atoms with van der Waals surface area (Å²) in [5.74, 6) is -0.816. The van der Waals surface area contributed by atoms with E-state index in [2.05, 4.69) is 13.8 Å². The van der Waals surface area contributed by atoms with Crippen LogP contribution < -0.4 is 5.73 Å². The normalized spacial score (nSPS) is 13.3. The molecule has 0 aromatic rings. The SMILES string of the molecule is CCCCCCCCCCCCCCCCCCC(=O)OCC(COP(=O)(O)OCCN)OC(=O)CCCCCCCCCCCCCC. The molecule has 49 heavy (non-hydrogen) atoms. The molecule has 0 aliphatic carbocycles. The summed E-state index contributed by atoms with van der Waals surface area (Å²) in [6.07, 6.45) is 34.1. The second-order valence-corrected chi connectivity index (χ2v) is 15.3. The molecular weight excluding hydrogens is 641 g/mol. The third-order valence-electron chi connectivity index (χ3n) is 8.99. The van der Waals surface area contributed by atoms with E-state index in [0.717, 1.165) is 32.1 Å². The van der Waals surface area contributed by atoms with Crippen molar-refractivity contribution < 1.29 is 37.6 Å². The molecule has 3 N–H and O–H groups in total. The molecule has 2 atom stereocenters. The van der Waals surface area contributed by atoms with Crippen LogP contribution in [0.4, 0.5) is 0 Å². The van der Waals surface area contributed by atoms with Crippen molar-refractivity contribution in [3.05, 3.63) is 0 Å². The predicted octanol–water partition coefficient (Wildman–Crippen LogP) is 11.3. The summed E-state index contributed by atoms with van der Waals surface area (Å²) < 4.78 is 32.7. The van der Waals surface area contributed by atoms with Gasteiger partial charge in [-0.2, -0.15) is 0 Å². The molecule has 292 valence electrons. The lowest BCUT2D eigenvalue weighted by Gasteiger charge is -2.19. The number of ether oxygens (including phenoxy) is 2. The lowest BCUT2D eigenvalue weighted by molar-refractivity contribution is -0.161. The number of phosphoric acid groups is 1. The van der Waals surface area contributed by atoms with E-state index in [1.165, 1.54) is 141 Å². The van der Waals surface area contributed by atoms with E-state index in [1.807, 2.05) is 0 Å². The fourth-order valence-corrected chi connectivity index (χ4v) is 6.69. The monoisotopic (exact) mass is 720 g/mol. The summed E-state index contributed by atoms with van der Waals surface area (Å²) in [6, 6.07) is 0. The molecule has 0 aliphatic rings. The number of hydrogen-bond acceptors (Lipinski definition) is 8. The van der Waals surface area contributed by atoms with Crippen molar-refractivity contribution in [3.63, 3.8) is 0 Å². The second-order valence-electron chi connectivity index (χ2n) is 13.9. The van der Waals surface area contributed by atoms with E-state index in [0.29, 0.717) is 6.42 Å². The van der Waals surface area contributed by atoms with Crippen LogP contribution in [0.25, 0.3) is 0 Å². The van der Waals surface area contributed by atoms with E-state index in [4.69, 9.17) is 24.3 Å². The van der Waals surface area contributed by atoms with Gasteiger partial charge in [-0.05, 0) is 12.8 Å². The summed E-state index contributed by atoms with van der Waals surface area (Å²) in [5, 5.41) is 0. The van der Waals surface area contributed by atoms with Crippen LogP contribution in [0.1, 0.15) is 206 Å². The van der Waals surface area contributed by atoms with Crippen LogP contribution in [0.15, 0.2) is 0 Å². The van der Waals surface area contributed by atoms with Gasteiger partial charge in [-0.15, -0.1) is 0 Å². The minimum absolute atomic E-state index is 0.0579. The third-order valence-corrected chi connectivity index (χ3v) is 9.98. The summed E-state index contributed by atoms with van der Waals surface area (Å²) in [7, 11) is -4.36. The lowest BCUT2D eigenvalue weighted by Crippen LogP contribution is -2.29. The molecule has 0 fully saturated rings. The summed E-state index contributed by atoms with van der Waals surface area (Å²) in [6.45, 7) is 3.75. The van der Waals surface area contributed by atoms with Crippen LogP contribution >= 0.6 is 7.82 Å². The van der Waals surface area contributed by atoms with Crippen LogP contribution in [0.2, 0.25) is 0 Å². The Balaban J connectivity index is 4.12. The molecule has 0 saturated heterocycles. The number of unbranched alkanes of at least 4 members (excludes halogenated alkanes) is 26. The first-order valence-corrected chi connectivity index (χ1v) is 22.0. The fourth-order valence-electron chi connectivity index (χ4n) is 5.93. The van der Waals surface area contributed by atoms with Crippen molar-refractivity contribution in [2.24, 2.45) is 5.73 Å². The number of nitrogens with two attached hydrogens (primary N) is 1. The lowest BCUT2D eigenvalue weighted by atomic mass is 10.0. The highest BCUT2D eigenvalue weighted by atomic mass is 31.2. The Morgan fingerprint density at radius 3 is 1.24 bits per heavy atom. The maximum atomic E-state index is 12.5. The number of hydrogen-bond donors (Lipinski definition) is 2. The topological polar surface area (TPSA) is 134 Å². The van der Waals surface area contributed by atoms with Gasteiger partial charge in [0.05, 0.1) is 13.2 Å². The molecule has 0 amide bonds. The minimum atomic E-state index is -4.36. The second kappa shape index (κ2) is 36.8. The number of carbonyl (C=O) groups is 2. The van der Waals surface area contributed by atoms with Gasteiger partial charge in [0.1, 0.15) is 6.61 Å². The van der Waals surface area contributed by atoms with Crippen molar-refractivity contribution in [1.82, 2.24) is 0 Å². The van der Waals surface area contributed by atoms with Crippen molar-refractivity contribution in [2.45, 2.75) is 213 Å². The number of carbonyl (C=O) groups excluding carboxylic acids is 2. The molecule has 0 heterocycles. The summed E-state index contributed by atoms with van der Waals surface area (Å²) in [5.41, 5.74) is 5.34. The molecule has 0 aromatic heterocycles. The zero-order chi connectivity index (χ0) is 36.1. The zero-order valence-electron chi connectivity index (χ0n) is 31.9. The fraction of sp³-hybridized carbons (Fsp3) is 0.949. The Morgan fingerprint density at radius 1 is 0.531 bits per heavy atom. The van der Waals surface area contributed by atoms with Gasteiger partial charge in [-0.3, -0.25) is 18.6 Å². The first-order valence-electron chi connectivity index (χ1n) is 20.5. The maximum Gasteiger partial charge on any atom is 0.472 e. The molecule has 9 nitrogen and oxygen atoms in total. The Bertz CT molecular complexity index is 784. The van der Waals surface area contributed by atoms with E-state index in [9.17, 15) is 19.0 Å². The van der Waals surface area contributed by atoms with E-state index >= 15 is 0 Å². The average molecular weight is 720 g/mol. The highest BCUT2D eigenvalue weighted by molar-refractivity contribution is 7.47. The highest BCUT2D eigenvalue weighted by Crippen LogP contribution is 2.43. The molecule has 2 unspecified atom stereocenters. The number of esters is 2. The zero-order valence-corrected chi connectivity index (χ0v) is 32.8. The quantitative estimate of drug-likeness (QED) is 0.0361. The van der Waals surface area contributed by atoms with Crippen molar-refractivity contribution in [3.8, 4) is 0 Å². The van der Waals surface area contributed by atoms with Gasteiger partial charge in [0, 0.05) is 19.4 Å². The standard InChI is InChI=1S/C39H78NO8P/c1-3-5-7-9-11-13-15-17-18-19-20-22-23-25-27-29-31-38(41)45-35-37(36-47-49(43,44)46-34-33-40)48-39(42)32-30-28-26-24-21-16-14-12-10-8-6-4-2/h37H,3-36,40H2,1-2H3,(H,43,44). The Hall–Kier alpha value is -0.990. The third kappa shape index (κ3) is 36.6. The Labute approximate surface area is 301 Å². The summed E-state index contributed by atoms with van der Waals surface area (Å²) in [4.78, 5) is 34.7. The van der Waals surface area contributed by atoms with Gasteiger partial charge in [-0.25, -0.2) is 4.57 Å². The van der Waals surface area contributed by atoms with Crippen LogP contribution in [0, 0.1) is 0 Å². The molecule has 0 spiro atoms. The molecule has 0 aromatic carbocycles. The van der Waals surface area contributed by atoms with Gasteiger partial charge in [0.25, 0.3) is 0 Å². The molecule has 10 heteroatoms. The van der Waals surface area contributed by atoms with Gasteiger partial charge in [0.15, 0.2) is 6.10 Å². The predicted molar refractivity (Wildman–Crippen MR) is 201 cm³/mol. The highest BCUT2D eigenvalue weighted by Gasteiger charge is 2.26. The van der Waals surface area contributed by atoms with Crippen molar-refractivity contribution in [2.75, 3.05) is 26.4 Å². The molecule has 0 radical (unpaired) electrons. The van der Waals surface area contributed by atoms with Crippen LogP contribution in [-0.4, -0.2) is 49.3 Å². The van der Waals surface area contributed by atoms with Crippen molar-refractivity contribution in [1.29, 1.82) is 0 Å². The summed E-state index contributed by atoms with van der Waals surface area (Å²) >= 11 is 0. The maximum absolute atomic E-state index is 12.5. The van der Waals surface area contributed by atoms with Gasteiger partial charge in [-0.1, -0.05) is 181 Å².